The Labute approximate surface area is 129 Å². The van der Waals surface area contributed by atoms with E-state index in [9.17, 15) is 0 Å². The van der Waals surface area contributed by atoms with Crippen LogP contribution >= 0.6 is 22.9 Å². The molecule has 1 N–H and O–H groups in total. The molecule has 1 heterocycles. The van der Waals surface area contributed by atoms with E-state index in [1.165, 1.54) is 5.56 Å². The lowest BCUT2D eigenvalue weighted by Gasteiger charge is -2.24. The summed E-state index contributed by atoms with van der Waals surface area (Å²) in [5, 5.41) is 14.5. The minimum absolute atomic E-state index is 0.0446. The van der Waals surface area contributed by atoms with Gasteiger partial charge in [-0.15, -0.1) is 10.2 Å². The average molecular weight is 310 g/mol. The van der Waals surface area contributed by atoms with Crippen LogP contribution in [-0.4, -0.2) is 10.2 Å². The van der Waals surface area contributed by atoms with Crippen LogP contribution in [-0.2, 0) is 18.4 Å². The summed E-state index contributed by atoms with van der Waals surface area (Å²) in [5.74, 6) is 0. The highest BCUT2D eigenvalue weighted by Crippen LogP contribution is 2.35. The molecule has 0 aliphatic carbocycles. The quantitative estimate of drug-likeness (QED) is 0.892. The number of rotatable bonds is 4. The second-order valence-corrected chi connectivity index (χ2v) is 7.26. The molecule has 0 saturated heterocycles. The molecular weight excluding hydrogens is 290 g/mol. The minimum atomic E-state index is 0.0446. The number of aromatic nitrogens is 2. The number of hydrogen-bond acceptors (Lipinski definition) is 4. The maximum absolute atomic E-state index is 6.34. The maximum Gasteiger partial charge on any atom is 0.136 e. The molecule has 0 bridgehead atoms. The van der Waals surface area contributed by atoms with Gasteiger partial charge in [-0.3, -0.25) is 0 Å². The highest BCUT2D eigenvalue weighted by Gasteiger charge is 2.19. The summed E-state index contributed by atoms with van der Waals surface area (Å²) in [6.45, 7) is 9.30. The Bertz CT molecular complexity index is 587. The van der Waals surface area contributed by atoms with E-state index in [2.05, 4.69) is 49.3 Å². The molecule has 3 nitrogen and oxygen atoms in total. The summed E-state index contributed by atoms with van der Waals surface area (Å²) >= 11 is 7.98. The first kappa shape index (κ1) is 15.3. The van der Waals surface area contributed by atoms with Crippen molar-refractivity contribution >= 4 is 28.6 Å². The van der Waals surface area contributed by atoms with Crippen LogP contribution in [0.25, 0.3) is 0 Å². The fourth-order valence-electron chi connectivity index (χ4n) is 2.00. The molecule has 0 saturated carbocycles. The molecule has 2 aromatic rings. The predicted octanol–water partition coefficient (Wildman–Crippen LogP) is 4.66. The molecule has 20 heavy (non-hydrogen) atoms. The van der Waals surface area contributed by atoms with E-state index in [1.807, 2.05) is 12.1 Å². The Hall–Kier alpha value is -1.13. The van der Waals surface area contributed by atoms with E-state index in [-0.39, 0.29) is 5.41 Å². The van der Waals surface area contributed by atoms with Crippen molar-refractivity contribution < 1.29 is 0 Å². The Morgan fingerprint density at radius 3 is 2.50 bits per heavy atom. The van der Waals surface area contributed by atoms with E-state index in [4.69, 9.17) is 11.6 Å². The number of benzene rings is 1. The van der Waals surface area contributed by atoms with Gasteiger partial charge in [0.15, 0.2) is 0 Å². The first-order chi connectivity index (χ1) is 9.41. The van der Waals surface area contributed by atoms with E-state index >= 15 is 0 Å². The van der Waals surface area contributed by atoms with Gasteiger partial charge in [0.2, 0.25) is 0 Å². The van der Waals surface area contributed by atoms with Gasteiger partial charge < -0.3 is 5.32 Å². The normalized spacial score (nSPS) is 11.7. The van der Waals surface area contributed by atoms with Gasteiger partial charge in [0.25, 0.3) is 0 Å². The maximum atomic E-state index is 6.34. The molecule has 108 valence electrons. The van der Waals surface area contributed by atoms with Gasteiger partial charge in [0, 0.05) is 0 Å². The first-order valence-electron chi connectivity index (χ1n) is 6.76. The highest BCUT2D eigenvalue weighted by molar-refractivity contribution is 7.11. The fraction of sp³-hybridized carbons (Fsp3) is 0.467. The van der Waals surface area contributed by atoms with Gasteiger partial charge in [-0.25, -0.2) is 0 Å². The molecule has 1 aromatic carbocycles. The number of nitrogens with one attached hydrogen (secondary N) is 1. The van der Waals surface area contributed by atoms with Gasteiger partial charge in [-0.2, -0.15) is 0 Å². The van der Waals surface area contributed by atoms with Crippen molar-refractivity contribution in [3.63, 3.8) is 0 Å². The molecular formula is C15H20ClN3S. The zero-order chi connectivity index (χ0) is 14.8. The van der Waals surface area contributed by atoms with E-state index in [0.717, 1.165) is 27.1 Å². The Morgan fingerprint density at radius 1 is 1.20 bits per heavy atom. The third kappa shape index (κ3) is 3.49. The molecule has 0 spiro atoms. The number of halogens is 1. The predicted molar refractivity (Wildman–Crippen MR) is 86.8 cm³/mol. The van der Waals surface area contributed by atoms with Crippen LogP contribution in [0, 0.1) is 0 Å². The molecule has 0 unspecified atom stereocenters. The smallest absolute Gasteiger partial charge is 0.136 e. The summed E-state index contributed by atoms with van der Waals surface area (Å²) in [4.78, 5) is 0. The third-order valence-electron chi connectivity index (χ3n) is 3.05. The number of nitrogens with zero attached hydrogens (tertiary/aromatic N) is 2. The molecule has 1 aromatic heterocycles. The third-order valence-corrected chi connectivity index (χ3v) is 4.43. The zero-order valence-electron chi connectivity index (χ0n) is 12.3. The van der Waals surface area contributed by atoms with Crippen LogP contribution in [0.5, 0.6) is 0 Å². The number of anilines is 1. The summed E-state index contributed by atoms with van der Waals surface area (Å²) in [7, 11) is 0. The number of para-hydroxylation sites is 1. The van der Waals surface area contributed by atoms with Crippen molar-refractivity contribution in [2.45, 2.75) is 46.1 Å². The van der Waals surface area contributed by atoms with Crippen LogP contribution in [0.15, 0.2) is 18.2 Å². The fourth-order valence-corrected chi connectivity index (χ4v) is 2.96. The summed E-state index contributed by atoms with van der Waals surface area (Å²) < 4.78 is 0. The van der Waals surface area contributed by atoms with Crippen LogP contribution in [0.3, 0.4) is 0 Å². The second kappa shape index (κ2) is 6.10. The molecule has 2 rings (SSSR count). The molecule has 0 aliphatic heterocycles. The lowest BCUT2D eigenvalue weighted by atomic mass is 9.86. The average Bonchev–Trinajstić information content (AvgIpc) is 2.84. The van der Waals surface area contributed by atoms with Crippen molar-refractivity contribution in [2.75, 3.05) is 5.32 Å². The monoisotopic (exact) mass is 309 g/mol. The van der Waals surface area contributed by atoms with Gasteiger partial charge in [0.05, 0.1) is 17.3 Å². The van der Waals surface area contributed by atoms with Crippen LogP contribution in [0.1, 0.15) is 43.3 Å². The Morgan fingerprint density at radius 2 is 1.90 bits per heavy atom. The van der Waals surface area contributed by atoms with E-state index in [0.29, 0.717) is 6.54 Å². The number of hydrogen-bond donors (Lipinski definition) is 1. The van der Waals surface area contributed by atoms with Crippen molar-refractivity contribution in [1.29, 1.82) is 0 Å². The molecule has 0 amide bonds. The lowest BCUT2D eigenvalue weighted by molar-refractivity contribution is 0.591. The minimum Gasteiger partial charge on any atom is -0.377 e. The standard InChI is InChI=1S/C15H20ClN3S/c1-5-12-18-19-13(20-12)9-17-14-10(15(2,3)4)7-6-8-11(14)16/h6-8,17H,5,9H2,1-4H3. The zero-order valence-corrected chi connectivity index (χ0v) is 13.9. The topological polar surface area (TPSA) is 37.8 Å². The molecule has 0 radical (unpaired) electrons. The molecule has 0 aliphatic rings. The largest absolute Gasteiger partial charge is 0.377 e. The van der Waals surface area contributed by atoms with Crippen molar-refractivity contribution in [3.05, 3.63) is 38.8 Å². The van der Waals surface area contributed by atoms with Gasteiger partial charge in [-0.1, -0.05) is 62.8 Å². The summed E-state index contributed by atoms with van der Waals surface area (Å²) in [6.07, 6.45) is 0.928. The molecule has 0 atom stereocenters. The summed E-state index contributed by atoms with van der Waals surface area (Å²) in [5.41, 5.74) is 2.25. The van der Waals surface area contributed by atoms with Gasteiger partial charge >= 0.3 is 0 Å². The summed E-state index contributed by atoms with van der Waals surface area (Å²) in [6, 6.07) is 6.02. The van der Waals surface area contributed by atoms with Crippen molar-refractivity contribution in [1.82, 2.24) is 10.2 Å². The van der Waals surface area contributed by atoms with E-state index < -0.39 is 0 Å². The van der Waals surface area contributed by atoms with Crippen molar-refractivity contribution in [2.24, 2.45) is 0 Å². The SMILES string of the molecule is CCc1nnc(CNc2c(Cl)cccc2C(C)(C)C)s1. The lowest BCUT2D eigenvalue weighted by Crippen LogP contribution is -2.15. The van der Waals surface area contributed by atoms with Crippen molar-refractivity contribution in [3.8, 4) is 0 Å². The second-order valence-electron chi connectivity index (χ2n) is 5.71. The Balaban J connectivity index is 2.20. The van der Waals surface area contributed by atoms with Gasteiger partial charge in [0.1, 0.15) is 10.0 Å². The Kier molecular flexibility index (Phi) is 4.66. The van der Waals surface area contributed by atoms with Crippen LogP contribution in [0.2, 0.25) is 5.02 Å². The molecule has 0 fully saturated rings. The number of aryl methyl sites for hydroxylation is 1. The van der Waals surface area contributed by atoms with Crippen LogP contribution in [0.4, 0.5) is 5.69 Å². The first-order valence-corrected chi connectivity index (χ1v) is 7.95. The molecule has 5 heteroatoms. The van der Waals surface area contributed by atoms with Crippen LogP contribution < -0.4 is 5.32 Å². The van der Waals surface area contributed by atoms with E-state index in [1.54, 1.807) is 11.3 Å². The van der Waals surface area contributed by atoms with Gasteiger partial charge in [-0.05, 0) is 23.5 Å². The highest BCUT2D eigenvalue weighted by atomic mass is 35.5.